The van der Waals surface area contributed by atoms with Crippen LogP contribution in [0.2, 0.25) is 0 Å². The number of hydrogen-bond donors (Lipinski definition) is 2. The molecule has 0 aliphatic rings. The quantitative estimate of drug-likeness (QED) is 0.826. The Balaban J connectivity index is 2.93. The number of carboxylic acid groups (broad SMARTS) is 1. The van der Waals surface area contributed by atoms with Crippen LogP contribution in [0.5, 0.6) is 0 Å². The van der Waals surface area contributed by atoms with E-state index in [-0.39, 0.29) is 0 Å². The number of aliphatic carboxylic acids is 1. The summed E-state index contributed by atoms with van der Waals surface area (Å²) in [6.45, 7) is 7.69. The van der Waals surface area contributed by atoms with Gasteiger partial charge in [-0.05, 0) is 33.8 Å². The number of rotatable bonds is 4. The van der Waals surface area contributed by atoms with Gasteiger partial charge in [-0.1, -0.05) is 0 Å². The summed E-state index contributed by atoms with van der Waals surface area (Å²) >= 11 is 0. The van der Waals surface area contributed by atoms with Crippen LogP contribution in [0.3, 0.4) is 0 Å². The molecule has 1 amide bonds. The molecule has 0 aromatic carbocycles. The Labute approximate surface area is 117 Å². The Hall–Kier alpha value is -2.31. The lowest BCUT2D eigenvalue weighted by molar-refractivity contribution is -0.131. The molecule has 0 aliphatic carbocycles. The second kappa shape index (κ2) is 6.23. The summed E-state index contributed by atoms with van der Waals surface area (Å²) < 4.78 is 6.71. The minimum Gasteiger partial charge on any atom is -0.478 e. The average molecular weight is 281 g/mol. The summed E-state index contributed by atoms with van der Waals surface area (Å²) in [4.78, 5) is 22.3. The summed E-state index contributed by atoms with van der Waals surface area (Å²) in [5.74, 6) is -1.07. The first-order chi connectivity index (χ1) is 9.23. The van der Waals surface area contributed by atoms with Crippen LogP contribution < -0.4 is 5.32 Å². The third-order valence-corrected chi connectivity index (χ3v) is 2.20. The van der Waals surface area contributed by atoms with E-state index in [2.05, 4.69) is 10.4 Å². The van der Waals surface area contributed by atoms with E-state index in [0.717, 1.165) is 6.08 Å². The summed E-state index contributed by atoms with van der Waals surface area (Å²) in [7, 11) is 0. The molecular formula is C13H19N3O4. The predicted molar refractivity (Wildman–Crippen MR) is 74.4 cm³/mol. The molecule has 7 heteroatoms. The van der Waals surface area contributed by atoms with Crippen LogP contribution in [-0.4, -0.2) is 32.6 Å². The predicted octanol–water partition coefficient (Wildman–Crippen LogP) is 2.35. The second-order valence-corrected chi connectivity index (χ2v) is 5.06. The lowest BCUT2D eigenvalue weighted by Crippen LogP contribution is -2.27. The number of anilines is 1. The number of carboxylic acids is 1. The van der Waals surface area contributed by atoms with Crippen LogP contribution in [-0.2, 0) is 16.1 Å². The first kappa shape index (κ1) is 15.7. The molecule has 0 saturated heterocycles. The molecule has 2 N–H and O–H groups in total. The van der Waals surface area contributed by atoms with Gasteiger partial charge < -0.3 is 9.84 Å². The van der Waals surface area contributed by atoms with Crippen molar-refractivity contribution in [3.8, 4) is 0 Å². The lowest BCUT2D eigenvalue weighted by atomic mass is 10.2. The first-order valence-electron chi connectivity index (χ1n) is 6.19. The number of nitrogens with zero attached hydrogens (tertiary/aromatic N) is 2. The Morgan fingerprint density at radius 1 is 1.50 bits per heavy atom. The number of nitrogens with one attached hydrogen (secondary N) is 1. The van der Waals surface area contributed by atoms with Gasteiger partial charge in [0.2, 0.25) is 0 Å². The van der Waals surface area contributed by atoms with Crippen molar-refractivity contribution < 1.29 is 19.4 Å². The molecule has 1 rings (SSSR count). The van der Waals surface area contributed by atoms with Gasteiger partial charge in [-0.25, -0.2) is 9.59 Å². The van der Waals surface area contributed by atoms with Crippen molar-refractivity contribution in [2.45, 2.75) is 39.8 Å². The highest BCUT2D eigenvalue weighted by molar-refractivity contribution is 5.90. The van der Waals surface area contributed by atoms with E-state index in [4.69, 9.17) is 9.84 Å². The lowest BCUT2D eigenvalue weighted by Gasteiger charge is -2.19. The first-order valence-corrected chi connectivity index (χ1v) is 6.19. The molecule has 1 aromatic heterocycles. The summed E-state index contributed by atoms with van der Waals surface area (Å²) in [6, 6.07) is 0. The summed E-state index contributed by atoms with van der Waals surface area (Å²) in [6.07, 6.45) is 3.21. The van der Waals surface area contributed by atoms with Crippen molar-refractivity contribution in [3.05, 3.63) is 18.0 Å². The van der Waals surface area contributed by atoms with Crippen LogP contribution in [0.4, 0.5) is 10.5 Å². The van der Waals surface area contributed by atoms with Gasteiger partial charge in [0.1, 0.15) is 5.60 Å². The van der Waals surface area contributed by atoms with Crippen LogP contribution in [0.25, 0.3) is 6.08 Å². The van der Waals surface area contributed by atoms with Gasteiger partial charge in [0.05, 0.1) is 17.6 Å². The minimum absolute atomic E-state index is 0.401. The van der Waals surface area contributed by atoms with Crippen LogP contribution in [0.15, 0.2) is 12.3 Å². The van der Waals surface area contributed by atoms with Gasteiger partial charge >= 0.3 is 12.1 Å². The van der Waals surface area contributed by atoms with Crippen molar-refractivity contribution in [1.29, 1.82) is 0 Å². The van der Waals surface area contributed by atoms with Gasteiger partial charge in [0.25, 0.3) is 0 Å². The molecule has 0 bridgehead atoms. The topological polar surface area (TPSA) is 93.5 Å². The maximum atomic E-state index is 11.7. The van der Waals surface area contributed by atoms with Crippen molar-refractivity contribution >= 4 is 23.8 Å². The SMILES string of the molecule is CCn1ncc(NC(=O)OC(C)(C)C)c1/C=C/C(=O)O. The van der Waals surface area contributed by atoms with Crippen LogP contribution in [0.1, 0.15) is 33.4 Å². The number of hydrogen-bond acceptors (Lipinski definition) is 4. The largest absolute Gasteiger partial charge is 0.478 e. The zero-order valence-corrected chi connectivity index (χ0v) is 12.0. The van der Waals surface area contributed by atoms with Gasteiger partial charge in [-0.15, -0.1) is 0 Å². The van der Waals surface area contributed by atoms with E-state index in [0.29, 0.717) is 17.9 Å². The fourth-order valence-electron chi connectivity index (χ4n) is 1.48. The molecule has 0 radical (unpaired) electrons. The summed E-state index contributed by atoms with van der Waals surface area (Å²) in [5.41, 5.74) is 0.293. The van der Waals surface area contributed by atoms with Gasteiger partial charge in [-0.3, -0.25) is 10.00 Å². The Bertz CT molecular complexity index is 526. The number of aromatic nitrogens is 2. The van der Waals surface area contributed by atoms with E-state index in [9.17, 15) is 9.59 Å². The number of aryl methyl sites for hydroxylation is 1. The third kappa shape index (κ3) is 4.75. The fraction of sp³-hybridized carbons (Fsp3) is 0.462. The third-order valence-electron chi connectivity index (χ3n) is 2.20. The molecule has 1 aromatic rings. The van der Waals surface area contributed by atoms with Crippen LogP contribution >= 0.6 is 0 Å². The highest BCUT2D eigenvalue weighted by Gasteiger charge is 2.18. The van der Waals surface area contributed by atoms with Crippen LogP contribution in [0, 0.1) is 0 Å². The molecule has 0 spiro atoms. The van der Waals surface area contributed by atoms with Gasteiger partial charge in [-0.2, -0.15) is 5.10 Å². The maximum Gasteiger partial charge on any atom is 0.412 e. The molecule has 0 unspecified atom stereocenters. The smallest absolute Gasteiger partial charge is 0.412 e. The average Bonchev–Trinajstić information content (AvgIpc) is 2.65. The molecular weight excluding hydrogens is 262 g/mol. The maximum absolute atomic E-state index is 11.7. The summed E-state index contributed by atoms with van der Waals surface area (Å²) in [5, 5.41) is 15.3. The zero-order chi connectivity index (χ0) is 15.3. The molecule has 1 heterocycles. The Kier molecular flexibility index (Phi) is 4.90. The standard InChI is InChI=1S/C13H19N3O4/c1-5-16-10(6-7-11(17)18)9(8-14-16)15-12(19)20-13(2,3)4/h6-8H,5H2,1-4H3,(H,15,19)(H,17,18)/b7-6+. The second-order valence-electron chi connectivity index (χ2n) is 5.06. The molecule has 110 valence electrons. The molecule has 0 saturated carbocycles. The molecule has 20 heavy (non-hydrogen) atoms. The highest BCUT2D eigenvalue weighted by atomic mass is 16.6. The van der Waals surface area contributed by atoms with Gasteiger partial charge in [0, 0.05) is 12.6 Å². The Morgan fingerprint density at radius 2 is 2.15 bits per heavy atom. The molecule has 0 aliphatic heterocycles. The molecule has 7 nitrogen and oxygen atoms in total. The van der Waals surface area contributed by atoms with Crippen molar-refractivity contribution in [2.75, 3.05) is 5.32 Å². The number of carbonyl (C=O) groups excluding carboxylic acids is 1. The van der Waals surface area contributed by atoms with E-state index < -0.39 is 17.7 Å². The zero-order valence-electron chi connectivity index (χ0n) is 12.0. The van der Waals surface area contributed by atoms with E-state index in [1.54, 1.807) is 25.5 Å². The Morgan fingerprint density at radius 3 is 2.65 bits per heavy atom. The monoisotopic (exact) mass is 281 g/mol. The number of ether oxygens (including phenoxy) is 1. The van der Waals surface area contributed by atoms with Crippen molar-refractivity contribution in [2.24, 2.45) is 0 Å². The van der Waals surface area contributed by atoms with Crippen molar-refractivity contribution in [1.82, 2.24) is 9.78 Å². The van der Waals surface area contributed by atoms with E-state index >= 15 is 0 Å². The van der Waals surface area contributed by atoms with Gasteiger partial charge in [0.15, 0.2) is 0 Å². The van der Waals surface area contributed by atoms with Crippen molar-refractivity contribution in [3.63, 3.8) is 0 Å². The normalized spacial score (nSPS) is 11.6. The van der Waals surface area contributed by atoms with E-state index in [1.807, 2.05) is 6.92 Å². The fourth-order valence-corrected chi connectivity index (χ4v) is 1.48. The highest BCUT2D eigenvalue weighted by Crippen LogP contribution is 2.18. The number of amides is 1. The molecule has 0 fully saturated rings. The van der Waals surface area contributed by atoms with E-state index in [1.165, 1.54) is 12.3 Å². The minimum atomic E-state index is -1.07. The number of carbonyl (C=O) groups is 2. The molecule has 0 atom stereocenters.